The molecular formula is C33H39ClN5O4S. The predicted molar refractivity (Wildman–Crippen MR) is 174 cm³/mol. The summed E-state index contributed by atoms with van der Waals surface area (Å²) in [5, 5.41) is 6.85. The van der Waals surface area contributed by atoms with Crippen molar-refractivity contribution in [2.75, 3.05) is 36.7 Å². The Morgan fingerprint density at radius 3 is 2.36 bits per heavy atom. The number of benzene rings is 3. The summed E-state index contributed by atoms with van der Waals surface area (Å²) in [4.78, 5) is 29.5. The molecule has 0 aliphatic carbocycles. The Labute approximate surface area is 264 Å². The largest absolute Gasteiger partial charge is 0.342 e. The van der Waals surface area contributed by atoms with Gasteiger partial charge in [-0.2, -0.15) is 0 Å². The first-order chi connectivity index (χ1) is 21.2. The van der Waals surface area contributed by atoms with Crippen LogP contribution in [0, 0.1) is 6.54 Å². The van der Waals surface area contributed by atoms with Crippen LogP contribution >= 0.6 is 11.6 Å². The molecule has 233 valence electrons. The molecule has 1 unspecified atom stereocenters. The molecule has 0 saturated carbocycles. The summed E-state index contributed by atoms with van der Waals surface area (Å²) in [5.74, 6) is -0.334. The SMILES string of the molecule is CS(=O)(=O)N(CCN)c1ccccc1C1CCN(C(=O)[C@@H](Cc2ccc(Cl)cc2)NC(=O)C2N[CH]Cc3ccccc32)CC1. The summed E-state index contributed by atoms with van der Waals surface area (Å²) in [6.45, 7) is 3.24. The molecule has 1 saturated heterocycles. The van der Waals surface area contributed by atoms with Crippen molar-refractivity contribution >= 4 is 39.1 Å². The average molecular weight is 637 g/mol. The summed E-state index contributed by atoms with van der Waals surface area (Å²) >= 11 is 6.10. The van der Waals surface area contributed by atoms with Gasteiger partial charge in [0.1, 0.15) is 12.1 Å². The molecule has 2 aliphatic heterocycles. The highest BCUT2D eigenvalue weighted by Crippen LogP contribution is 2.36. The Hall–Kier alpha value is -3.44. The van der Waals surface area contributed by atoms with Crippen molar-refractivity contribution in [3.63, 3.8) is 0 Å². The summed E-state index contributed by atoms with van der Waals surface area (Å²) in [5.41, 5.74) is 10.2. The predicted octanol–water partition coefficient (Wildman–Crippen LogP) is 3.55. The number of halogens is 1. The van der Waals surface area contributed by atoms with Crippen LogP contribution in [0.3, 0.4) is 0 Å². The van der Waals surface area contributed by atoms with Crippen LogP contribution in [0.4, 0.5) is 5.69 Å². The van der Waals surface area contributed by atoms with Gasteiger partial charge in [0, 0.05) is 44.2 Å². The van der Waals surface area contributed by atoms with Gasteiger partial charge >= 0.3 is 0 Å². The molecule has 0 bridgehead atoms. The number of anilines is 1. The third-order valence-electron chi connectivity index (χ3n) is 8.39. The van der Waals surface area contributed by atoms with E-state index in [1.54, 1.807) is 12.1 Å². The van der Waals surface area contributed by atoms with E-state index in [9.17, 15) is 18.0 Å². The first kappa shape index (κ1) is 32.0. The van der Waals surface area contributed by atoms with Crippen LogP contribution in [0.5, 0.6) is 0 Å². The third-order valence-corrected chi connectivity index (χ3v) is 9.82. The quantitative estimate of drug-likeness (QED) is 0.313. The fourth-order valence-corrected chi connectivity index (χ4v) is 7.27. The molecule has 0 spiro atoms. The lowest BCUT2D eigenvalue weighted by molar-refractivity contribution is -0.137. The van der Waals surface area contributed by atoms with Crippen LogP contribution in [0.25, 0.3) is 0 Å². The highest BCUT2D eigenvalue weighted by Gasteiger charge is 2.34. The van der Waals surface area contributed by atoms with Crippen LogP contribution in [-0.2, 0) is 32.5 Å². The normalized spacial score (nSPS) is 17.9. The topological polar surface area (TPSA) is 125 Å². The second kappa shape index (κ2) is 14.1. The maximum atomic E-state index is 14.0. The standard InChI is InChI=1S/C33H39ClN5O4S/c1-44(42,43)39(21-17-35)30-9-5-4-7-27(30)25-15-19-38(20-16-25)33(41)29(22-23-10-12-26(34)13-11-23)37-32(40)31-28-8-3-2-6-24(28)14-18-36-31/h2-13,18,25,29,31,36H,14-17,19-22,35H2,1H3,(H,37,40)/t29-,31?/m1/s1. The number of rotatable bonds is 10. The van der Waals surface area contributed by atoms with Gasteiger partial charge in [0.05, 0.1) is 11.9 Å². The van der Waals surface area contributed by atoms with Crippen molar-refractivity contribution in [1.29, 1.82) is 0 Å². The number of carbonyl (C=O) groups excluding carboxylic acids is 2. The molecule has 5 rings (SSSR count). The maximum Gasteiger partial charge on any atom is 0.245 e. The van der Waals surface area contributed by atoms with Crippen molar-refractivity contribution < 1.29 is 18.0 Å². The Kier molecular flexibility index (Phi) is 10.3. The lowest BCUT2D eigenvalue weighted by Gasteiger charge is -2.36. The second-order valence-corrected chi connectivity index (χ2v) is 13.7. The molecule has 2 amide bonds. The number of nitrogens with two attached hydrogens (primary N) is 1. The van der Waals surface area contributed by atoms with Crippen LogP contribution in [0.15, 0.2) is 72.8 Å². The monoisotopic (exact) mass is 636 g/mol. The lowest BCUT2D eigenvalue weighted by atomic mass is 9.87. The van der Waals surface area contributed by atoms with Gasteiger partial charge in [0.15, 0.2) is 0 Å². The molecular weight excluding hydrogens is 598 g/mol. The number of para-hydroxylation sites is 1. The number of hydrogen-bond acceptors (Lipinski definition) is 6. The van der Waals surface area contributed by atoms with E-state index < -0.39 is 22.1 Å². The molecule has 44 heavy (non-hydrogen) atoms. The number of fused-ring (bicyclic) bond motifs is 1. The zero-order valence-corrected chi connectivity index (χ0v) is 26.4. The molecule has 11 heteroatoms. The number of likely N-dealkylation sites (tertiary alicyclic amines) is 1. The van der Waals surface area contributed by atoms with Gasteiger partial charge in [0.2, 0.25) is 21.8 Å². The summed E-state index contributed by atoms with van der Waals surface area (Å²) in [6.07, 6.45) is 3.56. The van der Waals surface area contributed by atoms with E-state index in [1.165, 1.54) is 10.6 Å². The highest BCUT2D eigenvalue weighted by atomic mass is 35.5. The minimum absolute atomic E-state index is 0.0695. The Morgan fingerprint density at radius 2 is 1.68 bits per heavy atom. The third kappa shape index (κ3) is 7.43. The van der Waals surface area contributed by atoms with Crippen molar-refractivity contribution in [3.05, 3.63) is 107 Å². The lowest BCUT2D eigenvalue weighted by Crippen LogP contribution is -2.53. The first-order valence-corrected chi connectivity index (χ1v) is 17.1. The number of carbonyl (C=O) groups is 2. The van der Waals surface area contributed by atoms with Crippen LogP contribution < -0.4 is 20.7 Å². The minimum atomic E-state index is -3.52. The van der Waals surface area contributed by atoms with E-state index in [0.29, 0.717) is 43.1 Å². The van der Waals surface area contributed by atoms with Crippen molar-refractivity contribution in [2.45, 2.75) is 43.7 Å². The molecule has 9 nitrogen and oxygen atoms in total. The molecule has 2 aliphatic rings. The van der Waals surface area contributed by atoms with E-state index in [0.717, 1.165) is 28.7 Å². The van der Waals surface area contributed by atoms with E-state index in [1.807, 2.05) is 72.1 Å². The van der Waals surface area contributed by atoms with E-state index in [-0.39, 0.29) is 30.8 Å². The zero-order valence-electron chi connectivity index (χ0n) is 24.8. The van der Waals surface area contributed by atoms with Gasteiger partial charge in [-0.15, -0.1) is 0 Å². The number of sulfonamides is 1. The zero-order chi connectivity index (χ0) is 31.3. The summed E-state index contributed by atoms with van der Waals surface area (Å²) in [6, 6.07) is 21.3. The van der Waals surface area contributed by atoms with Gasteiger partial charge in [-0.1, -0.05) is 66.2 Å². The number of nitrogens with one attached hydrogen (secondary N) is 2. The molecule has 0 aromatic heterocycles. The first-order valence-electron chi connectivity index (χ1n) is 14.9. The van der Waals surface area contributed by atoms with Gasteiger partial charge in [0.25, 0.3) is 0 Å². The average Bonchev–Trinajstić information content (AvgIpc) is 3.03. The number of piperidine rings is 1. The van der Waals surface area contributed by atoms with Crippen LogP contribution in [-0.4, -0.2) is 63.6 Å². The molecule has 3 aromatic rings. The number of hydrogen-bond donors (Lipinski definition) is 3. The van der Waals surface area contributed by atoms with E-state index in [4.69, 9.17) is 17.3 Å². The second-order valence-electron chi connectivity index (χ2n) is 11.4. The van der Waals surface area contributed by atoms with Crippen molar-refractivity contribution in [1.82, 2.24) is 15.5 Å². The summed E-state index contributed by atoms with van der Waals surface area (Å²) < 4.78 is 26.5. The fraction of sp³-hybridized carbons (Fsp3) is 0.364. The number of amides is 2. The van der Waals surface area contributed by atoms with E-state index >= 15 is 0 Å². The highest BCUT2D eigenvalue weighted by molar-refractivity contribution is 7.92. The van der Waals surface area contributed by atoms with Gasteiger partial charge in [-0.05, 0) is 65.6 Å². The smallest absolute Gasteiger partial charge is 0.245 e. The molecule has 4 N–H and O–H groups in total. The minimum Gasteiger partial charge on any atom is -0.342 e. The molecule has 3 aromatic carbocycles. The van der Waals surface area contributed by atoms with Crippen LogP contribution in [0.2, 0.25) is 5.02 Å². The molecule has 2 heterocycles. The molecule has 1 radical (unpaired) electrons. The Bertz CT molecular complexity index is 1570. The molecule has 1 fully saturated rings. The van der Waals surface area contributed by atoms with Gasteiger partial charge in [-0.25, -0.2) is 8.42 Å². The van der Waals surface area contributed by atoms with Crippen LogP contribution in [0.1, 0.15) is 47.1 Å². The van der Waals surface area contributed by atoms with Crippen molar-refractivity contribution in [3.8, 4) is 0 Å². The van der Waals surface area contributed by atoms with Gasteiger partial charge in [-0.3, -0.25) is 19.2 Å². The Morgan fingerprint density at radius 1 is 1.02 bits per heavy atom. The van der Waals surface area contributed by atoms with E-state index in [2.05, 4.69) is 10.6 Å². The molecule has 2 atom stereocenters. The maximum absolute atomic E-state index is 14.0. The Balaban J connectivity index is 1.33. The summed E-state index contributed by atoms with van der Waals surface area (Å²) in [7, 11) is -3.52. The van der Waals surface area contributed by atoms with Crippen molar-refractivity contribution in [2.24, 2.45) is 5.73 Å². The number of nitrogens with zero attached hydrogens (tertiary/aromatic N) is 2. The van der Waals surface area contributed by atoms with Gasteiger partial charge < -0.3 is 16.0 Å². The fourth-order valence-electron chi connectivity index (χ4n) is 6.18.